The smallest absolute Gasteiger partial charge is 0.191 e. The average Bonchev–Trinajstić information content (AvgIpc) is 3.17. The second-order valence-corrected chi connectivity index (χ2v) is 7.19. The van der Waals surface area contributed by atoms with Gasteiger partial charge in [0.2, 0.25) is 0 Å². The summed E-state index contributed by atoms with van der Waals surface area (Å²) in [5.74, 6) is 1.94. The summed E-state index contributed by atoms with van der Waals surface area (Å²) >= 11 is 1.71. The van der Waals surface area contributed by atoms with Crippen molar-refractivity contribution in [3.63, 3.8) is 0 Å². The maximum Gasteiger partial charge on any atom is 0.191 e. The molecule has 1 saturated carbocycles. The summed E-state index contributed by atoms with van der Waals surface area (Å²) in [6.45, 7) is 5.06. The van der Waals surface area contributed by atoms with E-state index in [-0.39, 0.29) is 0 Å². The minimum Gasteiger partial charge on any atom is -0.353 e. The lowest BCUT2D eigenvalue weighted by molar-refractivity contribution is 0.774. The van der Waals surface area contributed by atoms with Crippen LogP contribution in [-0.2, 0) is 6.54 Å². The third-order valence-electron chi connectivity index (χ3n) is 4.13. The number of rotatable bonds is 5. The zero-order valence-electron chi connectivity index (χ0n) is 13.9. The first kappa shape index (κ1) is 16.0. The summed E-state index contributed by atoms with van der Waals surface area (Å²) in [6, 6.07) is 11.1. The molecule has 0 amide bonds. The highest BCUT2D eigenvalue weighted by Gasteiger charge is 2.38. The van der Waals surface area contributed by atoms with Crippen LogP contribution in [0.1, 0.15) is 48.4 Å². The van der Waals surface area contributed by atoms with E-state index in [9.17, 15) is 0 Å². The van der Waals surface area contributed by atoms with Crippen molar-refractivity contribution >= 4 is 17.3 Å². The van der Waals surface area contributed by atoms with Crippen LogP contribution in [0.15, 0.2) is 40.7 Å². The predicted molar refractivity (Wildman–Crippen MR) is 97.1 cm³/mol. The third kappa shape index (κ3) is 4.10. The molecule has 2 unspecified atom stereocenters. The molecule has 1 aliphatic carbocycles. The van der Waals surface area contributed by atoms with Gasteiger partial charge in [0.15, 0.2) is 5.96 Å². The van der Waals surface area contributed by atoms with Crippen LogP contribution in [0, 0.1) is 0 Å². The number of hydrogen-bond donors (Lipinski definition) is 2. The lowest BCUT2D eigenvalue weighted by Crippen LogP contribution is -2.38. The number of guanidine groups is 1. The van der Waals surface area contributed by atoms with Crippen molar-refractivity contribution in [2.45, 2.75) is 44.7 Å². The molecule has 0 radical (unpaired) electrons. The fourth-order valence-electron chi connectivity index (χ4n) is 2.62. The van der Waals surface area contributed by atoms with Crippen molar-refractivity contribution in [2.24, 2.45) is 4.99 Å². The van der Waals surface area contributed by atoms with Gasteiger partial charge in [-0.25, -0.2) is 4.98 Å². The first-order chi connectivity index (χ1) is 11.2. The molecule has 1 fully saturated rings. The Morgan fingerprint density at radius 2 is 2.13 bits per heavy atom. The van der Waals surface area contributed by atoms with Crippen LogP contribution in [0.5, 0.6) is 0 Å². The van der Waals surface area contributed by atoms with Gasteiger partial charge in [0, 0.05) is 24.4 Å². The Hall–Kier alpha value is -1.88. The fraction of sp³-hybridized carbons (Fsp3) is 0.444. The predicted octanol–water partition coefficient (Wildman–Crippen LogP) is 3.49. The second-order valence-electron chi connectivity index (χ2n) is 6.25. The van der Waals surface area contributed by atoms with Gasteiger partial charge in [-0.3, -0.25) is 4.99 Å². The van der Waals surface area contributed by atoms with Gasteiger partial charge < -0.3 is 10.6 Å². The molecule has 0 saturated heterocycles. The SMILES string of the molecule is CN=C(NCc1nc(C(C)C)cs1)NC1CC1c1ccccc1. The van der Waals surface area contributed by atoms with Gasteiger partial charge in [-0.2, -0.15) is 0 Å². The molecule has 5 heteroatoms. The van der Waals surface area contributed by atoms with Crippen molar-refractivity contribution in [1.82, 2.24) is 15.6 Å². The standard InChI is InChI=1S/C18H24N4S/c1-12(2)16-11-23-17(21-16)10-20-18(19-3)22-15-9-14(15)13-7-5-4-6-8-13/h4-8,11-12,14-15H,9-10H2,1-3H3,(H2,19,20,22). The van der Waals surface area contributed by atoms with Crippen LogP contribution in [0.4, 0.5) is 0 Å². The van der Waals surface area contributed by atoms with E-state index in [0.717, 1.165) is 17.5 Å². The van der Waals surface area contributed by atoms with E-state index >= 15 is 0 Å². The molecule has 4 nitrogen and oxygen atoms in total. The van der Waals surface area contributed by atoms with E-state index in [1.807, 2.05) is 7.05 Å². The summed E-state index contributed by atoms with van der Waals surface area (Å²) in [5.41, 5.74) is 2.57. The molecule has 1 aromatic carbocycles. The molecule has 122 valence electrons. The topological polar surface area (TPSA) is 49.3 Å². The highest BCUT2D eigenvalue weighted by Crippen LogP contribution is 2.40. The highest BCUT2D eigenvalue weighted by atomic mass is 32.1. The minimum absolute atomic E-state index is 0.478. The van der Waals surface area contributed by atoms with Crippen molar-refractivity contribution in [3.05, 3.63) is 52.0 Å². The monoisotopic (exact) mass is 328 g/mol. The van der Waals surface area contributed by atoms with Crippen molar-refractivity contribution in [2.75, 3.05) is 7.05 Å². The molecule has 2 atom stereocenters. The number of nitrogens with one attached hydrogen (secondary N) is 2. The lowest BCUT2D eigenvalue weighted by atomic mass is 10.1. The Labute approximate surface area is 142 Å². The number of benzene rings is 1. The van der Waals surface area contributed by atoms with Crippen molar-refractivity contribution in [1.29, 1.82) is 0 Å². The fourth-order valence-corrected chi connectivity index (χ4v) is 3.52. The normalized spacial score (nSPS) is 20.6. The Morgan fingerprint density at radius 1 is 1.35 bits per heavy atom. The van der Waals surface area contributed by atoms with E-state index in [2.05, 4.69) is 70.2 Å². The third-order valence-corrected chi connectivity index (χ3v) is 5.00. The quantitative estimate of drug-likeness (QED) is 0.652. The van der Waals surface area contributed by atoms with Crippen LogP contribution >= 0.6 is 11.3 Å². The molecule has 1 heterocycles. The van der Waals surface area contributed by atoms with Gasteiger partial charge in [-0.1, -0.05) is 44.2 Å². The van der Waals surface area contributed by atoms with Crippen LogP contribution in [0.2, 0.25) is 0 Å². The molecule has 1 aliphatic rings. The molecule has 0 bridgehead atoms. The Bertz CT molecular complexity index is 663. The zero-order chi connectivity index (χ0) is 16.2. The Balaban J connectivity index is 1.49. The summed E-state index contributed by atoms with van der Waals surface area (Å²) in [4.78, 5) is 8.97. The molecule has 1 aromatic heterocycles. The van der Waals surface area contributed by atoms with Gasteiger partial charge in [-0.15, -0.1) is 11.3 Å². The summed E-state index contributed by atoms with van der Waals surface area (Å²) in [7, 11) is 1.82. The lowest BCUT2D eigenvalue weighted by Gasteiger charge is -2.11. The van der Waals surface area contributed by atoms with E-state index in [1.165, 1.54) is 17.7 Å². The molecular weight excluding hydrogens is 304 g/mol. The van der Waals surface area contributed by atoms with Crippen molar-refractivity contribution in [3.8, 4) is 0 Å². The van der Waals surface area contributed by atoms with E-state index < -0.39 is 0 Å². The first-order valence-corrected chi connectivity index (χ1v) is 9.01. The van der Waals surface area contributed by atoms with Gasteiger partial charge in [0.25, 0.3) is 0 Å². The number of hydrogen-bond acceptors (Lipinski definition) is 3. The molecule has 0 spiro atoms. The number of aromatic nitrogens is 1. The van der Waals surface area contributed by atoms with Gasteiger partial charge in [0.1, 0.15) is 5.01 Å². The molecular formula is C18H24N4S. The van der Waals surface area contributed by atoms with Crippen LogP contribution in [-0.4, -0.2) is 24.0 Å². The van der Waals surface area contributed by atoms with Crippen LogP contribution < -0.4 is 10.6 Å². The summed E-state index contributed by atoms with van der Waals surface area (Å²) in [5, 5.41) is 10.1. The van der Waals surface area contributed by atoms with E-state index in [4.69, 9.17) is 0 Å². The van der Waals surface area contributed by atoms with Crippen molar-refractivity contribution < 1.29 is 0 Å². The number of nitrogens with zero attached hydrogens (tertiary/aromatic N) is 2. The Morgan fingerprint density at radius 3 is 2.78 bits per heavy atom. The summed E-state index contributed by atoms with van der Waals surface area (Å²) in [6.07, 6.45) is 1.17. The first-order valence-electron chi connectivity index (χ1n) is 8.13. The second kappa shape index (κ2) is 7.13. The highest BCUT2D eigenvalue weighted by molar-refractivity contribution is 7.09. The van der Waals surface area contributed by atoms with E-state index in [1.54, 1.807) is 11.3 Å². The van der Waals surface area contributed by atoms with Gasteiger partial charge in [-0.05, 0) is 17.9 Å². The maximum absolute atomic E-state index is 4.65. The Kier molecular flexibility index (Phi) is 4.96. The van der Waals surface area contributed by atoms with Gasteiger partial charge >= 0.3 is 0 Å². The van der Waals surface area contributed by atoms with Crippen LogP contribution in [0.25, 0.3) is 0 Å². The maximum atomic E-state index is 4.65. The van der Waals surface area contributed by atoms with Crippen LogP contribution in [0.3, 0.4) is 0 Å². The zero-order valence-corrected chi connectivity index (χ0v) is 14.7. The number of thiazole rings is 1. The van der Waals surface area contributed by atoms with Gasteiger partial charge in [0.05, 0.1) is 12.2 Å². The molecule has 0 aliphatic heterocycles. The number of aliphatic imine (C=N–C) groups is 1. The molecule has 3 rings (SSSR count). The average molecular weight is 328 g/mol. The molecule has 2 N–H and O–H groups in total. The largest absolute Gasteiger partial charge is 0.353 e. The molecule has 23 heavy (non-hydrogen) atoms. The summed E-state index contributed by atoms with van der Waals surface area (Å²) < 4.78 is 0. The minimum atomic E-state index is 0.478. The van der Waals surface area contributed by atoms with E-state index in [0.29, 0.717) is 17.9 Å². The molecule has 2 aromatic rings.